The number of fused-ring (bicyclic) bond motifs is 7. The number of methoxy groups -OCH3 is 2. The van der Waals surface area contributed by atoms with Crippen LogP contribution in [0.4, 0.5) is 0 Å². The van der Waals surface area contributed by atoms with Crippen LogP contribution in [0.25, 0.3) is 43.5 Å². The molecule has 5 nitrogen and oxygen atoms in total. The highest BCUT2D eigenvalue weighted by Crippen LogP contribution is 2.40. The lowest BCUT2D eigenvalue weighted by molar-refractivity contribution is 0.357. The van der Waals surface area contributed by atoms with E-state index in [4.69, 9.17) is 22.4 Å². The average Bonchev–Trinajstić information content (AvgIpc) is 3.08. The lowest BCUT2D eigenvalue weighted by Gasteiger charge is -2.08. The highest BCUT2D eigenvalue weighted by atomic mass is 31.1. The minimum atomic E-state index is -1.72. The minimum Gasteiger partial charge on any atom is -0.497 e. The maximum absolute atomic E-state index is 6.39. The van der Waals surface area contributed by atoms with Crippen molar-refractivity contribution in [3.05, 3.63) is 96.6 Å². The minimum absolute atomic E-state index is 0.283. The fraction of sp³-hybridized carbons (Fsp3) is 0.103. The maximum Gasteiger partial charge on any atom is 0.387 e. The van der Waals surface area contributed by atoms with Gasteiger partial charge < -0.3 is 17.9 Å². The summed E-state index contributed by atoms with van der Waals surface area (Å²) < 4.78 is 29.8. The van der Waals surface area contributed by atoms with Gasteiger partial charge >= 0.3 is 8.24 Å². The molecule has 0 spiro atoms. The summed E-state index contributed by atoms with van der Waals surface area (Å²) in [5.41, 5.74) is 2.39. The molecule has 0 atom stereocenters. The summed E-state index contributed by atoms with van der Waals surface area (Å²) in [6.45, 7) is 0.283. The highest BCUT2D eigenvalue weighted by Gasteiger charge is 2.13. The average molecular weight is 482 g/mol. The van der Waals surface area contributed by atoms with E-state index in [0.29, 0.717) is 11.5 Å². The van der Waals surface area contributed by atoms with Crippen molar-refractivity contribution in [1.82, 2.24) is 0 Å². The Labute approximate surface area is 203 Å². The molecule has 0 saturated heterocycles. The SMILES string of the molecule is COc1cc(COp2oc3ccc4ccccc4c3c3c(ccc4ccccc43)o2)cc(OC)c1. The van der Waals surface area contributed by atoms with E-state index in [1.165, 1.54) is 0 Å². The Morgan fingerprint density at radius 3 is 1.66 bits per heavy atom. The summed E-state index contributed by atoms with van der Waals surface area (Å²) >= 11 is 0. The Morgan fingerprint density at radius 1 is 0.629 bits per heavy atom. The molecule has 1 aromatic heterocycles. The van der Waals surface area contributed by atoms with Gasteiger partial charge in [-0.15, -0.1) is 0 Å². The number of hydrogen-bond acceptors (Lipinski definition) is 5. The summed E-state index contributed by atoms with van der Waals surface area (Å²) in [4.78, 5) is 0. The Hall–Kier alpha value is -3.92. The van der Waals surface area contributed by atoms with Gasteiger partial charge in [0.1, 0.15) is 22.7 Å². The smallest absolute Gasteiger partial charge is 0.387 e. The Balaban J connectivity index is 1.58. The van der Waals surface area contributed by atoms with Gasteiger partial charge in [-0.25, -0.2) is 0 Å². The monoisotopic (exact) mass is 482 g/mol. The summed E-state index contributed by atoms with van der Waals surface area (Å²) in [5.74, 6) is 1.40. The van der Waals surface area contributed by atoms with Crippen LogP contribution in [0.5, 0.6) is 11.5 Å². The van der Waals surface area contributed by atoms with Gasteiger partial charge in [0.15, 0.2) is 0 Å². The molecule has 35 heavy (non-hydrogen) atoms. The number of benzene rings is 5. The number of ether oxygens (including phenoxy) is 2. The zero-order valence-corrected chi connectivity index (χ0v) is 20.3. The van der Waals surface area contributed by atoms with Crippen LogP contribution in [-0.4, -0.2) is 14.2 Å². The largest absolute Gasteiger partial charge is 0.497 e. The van der Waals surface area contributed by atoms with Gasteiger partial charge in [0, 0.05) is 16.8 Å². The molecule has 0 bridgehead atoms. The van der Waals surface area contributed by atoms with Crippen molar-refractivity contribution in [3.63, 3.8) is 0 Å². The molecular formula is C29H23O5P. The second-order valence-corrected chi connectivity index (χ2v) is 9.29. The van der Waals surface area contributed by atoms with Crippen molar-refractivity contribution in [3.8, 4) is 11.5 Å². The molecule has 0 fully saturated rings. The van der Waals surface area contributed by atoms with E-state index in [-0.39, 0.29) is 6.61 Å². The maximum atomic E-state index is 6.39. The van der Waals surface area contributed by atoms with Crippen LogP contribution in [0.2, 0.25) is 0 Å². The van der Waals surface area contributed by atoms with Crippen LogP contribution in [0.1, 0.15) is 5.56 Å². The predicted molar refractivity (Wildman–Crippen MR) is 141 cm³/mol. The van der Waals surface area contributed by atoms with Gasteiger partial charge in [-0.05, 0) is 51.4 Å². The standard InChI is InChI=1S/C29H23O5P/c1-30-22-15-19(16-23(17-22)31-2)18-32-35-33-26-13-11-20-7-3-5-9-24(20)28(26)29-25-10-6-4-8-21(25)12-14-27(29)34-35/h3-17H,18H2,1-2H3. The molecule has 0 aliphatic rings. The summed E-state index contributed by atoms with van der Waals surface area (Å²) in [5, 5.41) is 6.55. The van der Waals surface area contributed by atoms with Crippen LogP contribution < -0.4 is 14.0 Å². The third-order valence-electron chi connectivity index (χ3n) is 6.13. The molecule has 6 aromatic rings. The molecule has 6 heteroatoms. The third kappa shape index (κ3) is 3.99. The first-order valence-corrected chi connectivity index (χ1v) is 12.4. The van der Waals surface area contributed by atoms with E-state index in [0.717, 1.165) is 49.0 Å². The van der Waals surface area contributed by atoms with E-state index in [1.807, 2.05) is 42.5 Å². The van der Waals surface area contributed by atoms with Gasteiger partial charge in [-0.2, -0.15) is 0 Å². The molecule has 0 amide bonds. The lowest BCUT2D eigenvalue weighted by atomic mass is 9.99. The van der Waals surface area contributed by atoms with Crippen molar-refractivity contribution in [2.75, 3.05) is 14.2 Å². The van der Waals surface area contributed by atoms with E-state index in [9.17, 15) is 0 Å². The fourth-order valence-electron chi connectivity index (χ4n) is 4.48. The van der Waals surface area contributed by atoms with E-state index >= 15 is 0 Å². The van der Waals surface area contributed by atoms with Gasteiger partial charge in [0.2, 0.25) is 0 Å². The zero-order valence-electron chi connectivity index (χ0n) is 19.4. The van der Waals surface area contributed by atoms with E-state index in [1.54, 1.807) is 14.2 Å². The molecule has 5 aromatic carbocycles. The molecule has 0 radical (unpaired) electrons. The molecule has 174 valence electrons. The molecule has 0 saturated carbocycles. The highest BCUT2D eigenvalue weighted by molar-refractivity contribution is 7.31. The van der Waals surface area contributed by atoms with Crippen molar-refractivity contribution >= 4 is 51.7 Å². The number of rotatable bonds is 5. The molecule has 0 aliphatic heterocycles. The van der Waals surface area contributed by atoms with Gasteiger partial charge in [0.05, 0.1) is 20.8 Å². The summed E-state index contributed by atoms with van der Waals surface area (Å²) in [6.07, 6.45) is 0. The molecule has 0 unspecified atom stereocenters. The first-order chi connectivity index (χ1) is 17.2. The van der Waals surface area contributed by atoms with Crippen molar-refractivity contribution < 1.29 is 22.4 Å². The van der Waals surface area contributed by atoms with Gasteiger partial charge in [0.25, 0.3) is 0 Å². The van der Waals surface area contributed by atoms with Crippen molar-refractivity contribution in [2.24, 2.45) is 0 Å². The van der Waals surface area contributed by atoms with Crippen LogP contribution >= 0.6 is 8.24 Å². The van der Waals surface area contributed by atoms with Crippen molar-refractivity contribution in [1.29, 1.82) is 0 Å². The molecule has 0 aliphatic carbocycles. The molecular weight excluding hydrogens is 459 g/mol. The number of hydrogen-bond donors (Lipinski definition) is 0. The molecule has 1 heterocycles. The Kier molecular flexibility index (Phi) is 5.57. The Bertz CT molecular complexity index is 1620. The predicted octanol–water partition coefficient (Wildman–Crippen LogP) is 8.24. The van der Waals surface area contributed by atoms with Crippen LogP contribution in [0, 0.1) is 0 Å². The fourth-order valence-corrected chi connectivity index (χ4v) is 5.50. The third-order valence-corrected chi connectivity index (χ3v) is 7.16. The van der Waals surface area contributed by atoms with Crippen LogP contribution in [0.3, 0.4) is 0 Å². The summed E-state index contributed by atoms with van der Waals surface area (Å²) in [7, 11) is 1.54. The first-order valence-electron chi connectivity index (χ1n) is 11.3. The normalized spacial score (nSPS) is 11.4. The topological polar surface area (TPSA) is 54.0 Å². The molecule has 0 N–H and O–H groups in total. The van der Waals surface area contributed by atoms with E-state index < -0.39 is 8.24 Å². The second-order valence-electron chi connectivity index (χ2n) is 8.22. The van der Waals surface area contributed by atoms with Gasteiger partial charge in [-0.1, -0.05) is 60.7 Å². The zero-order chi connectivity index (χ0) is 23.8. The molecule has 6 rings (SSSR count). The van der Waals surface area contributed by atoms with E-state index in [2.05, 4.69) is 48.5 Å². The van der Waals surface area contributed by atoms with Crippen LogP contribution in [-0.2, 0) is 6.61 Å². The summed E-state index contributed by atoms with van der Waals surface area (Å²) in [6, 6.07) is 30.5. The lowest BCUT2D eigenvalue weighted by Crippen LogP contribution is -1.95. The first kappa shape index (κ1) is 21.6. The second kappa shape index (κ2) is 9.03. The van der Waals surface area contributed by atoms with Gasteiger partial charge in [-0.3, -0.25) is 4.52 Å². The quantitative estimate of drug-likeness (QED) is 0.248. The van der Waals surface area contributed by atoms with Crippen LogP contribution in [0.15, 0.2) is 99.4 Å². The Morgan fingerprint density at radius 2 is 1.14 bits per heavy atom. The van der Waals surface area contributed by atoms with Crippen molar-refractivity contribution in [2.45, 2.75) is 6.61 Å².